The number of aliphatic hydroxyl groups is 1. The Bertz CT molecular complexity index is 350. The van der Waals surface area contributed by atoms with E-state index in [0.29, 0.717) is 5.92 Å². The van der Waals surface area contributed by atoms with Crippen LogP contribution >= 0.6 is 0 Å². The third-order valence-corrected chi connectivity index (χ3v) is 3.71. The van der Waals surface area contributed by atoms with E-state index < -0.39 is 5.60 Å². The Morgan fingerprint density at radius 1 is 1.69 bits per heavy atom. The molecule has 1 aliphatic heterocycles. The van der Waals surface area contributed by atoms with Crippen LogP contribution in [0.2, 0.25) is 0 Å². The van der Waals surface area contributed by atoms with Crippen LogP contribution in [0.5, 0.6) is 0 Å². The summed E-state index contributed by atoms with van der Waals surface area (Å²) in [5.41, 5.74) is 0.711. The molecule has 1 saturated heterocycles. The largest absolute Gasteiger partial charge is 0.390 e. The van der Waals surface area contributed by atoms with E-state index in [4.69, 9.17) is 0 Å². The van der Waals surface area contributed by atoms with Crippen molar-refractivity contribution in [1.29, 1.82) is 0 Å². The molecule has 0 bridgehead atoms. The minimum atomic E-state index is -0.499. The van der Waals surface area contributed by atoms with Crippen molar-refractivity contribution in [3.05, 3.63) is 18.0 Å². The number of piperidine rings is 1. The van der Waals surface area contributed by atoms with E-state index in [1.54, 1.807) is 0 Å². The summed E-state index contributed by atoms with van der Waals surface area (Å²) in [6, 6.07) is 0. The molecule has 0 spiro atoms. The molecule has 2 unspecified atom stereocenters. The average Bonchev–Trinajstić information content (AvgIpc) is 2.67. The van der Waals surface area contributed by atoms with Crippen LogP contribution in [-0.4, -0.2) is 33.6 Å². The van der Waals surface area contributed by atoms with Crippen LogP contribution in [0.4, 0.5) is 0 Å². The fourth-order valence-corrected chi connectivity index (χ4v) is 2.39. The summed E-state index contributed by atoms with van der Waals surface area (Å²) >= 11 is 0. The highest BCUT2D eigenvalue weighted by Gasteiger charge is 2.35. The van der Waals surface area contributed by atoms with Crippen molar-refractivity contribution < 1.29 is 5.11 Å². The molecular formula is C12H21N3O. The Kier molecular flexibility index (Phi) is 3.30. The average molecular weight is 223 g/mol. The molecule has 0 saturated carbocycles. The number of hydrogen-bond acceptors (Lipinski definition) is 3. The third kappa shape index (κ3) is 2.44. The van der Waals surface area contributed by atoms with E-state index in [0.717, 1.165) is 32.4 Å². The number of hydrogen-bond donors (Lipinski definition) is 2. The van der Waals surface area contributed by atoms with Crippen molar-refractivity contribution in [1.82, 2.24) is 15.1 Å². The number of aromatic nitrogens is 2. The molecule has 0 aromatic carbocycles. The first-order valence-electron chi connectivity index (χ1n) is 6.01. The van der Waals surface area contributed by atoms with E-state index in [9.17, 15) is 5.11 Å². The van der Waals surface area contributed by atoms with E-state index in [1.807, 2.05) is 24.1 Å². The molecule has 4 nitrogen and oxygen atoms in total. The molecule has 0 amide bonds. The molecule has 1 aromatic rings. The molecule has 1 aromatic heterocycles. The van der Waals surface area contributed by atoms with Gasteiger partial charge in [0.2, 0.25) is 0 Å². The summed E-state index contributed by atoms with van der Waals surface area (Å²) in [5.74, 6) is 0.331. The first-order valence-corrected chi connectivity index (χ1v) is 6.01. The molecule has 1 aliphatic rings. The van der Waals surface area contributed by atoms with Crippen molar-refractivity contribution in [3.8, 4) is 0 Å². The van der Waals surface area contributed by atoms with Gasteiger partial charge >= 0.3 is 0 Å². The van der Waals surface area contributed by atoms with Gasteiger partial charge in [-0.15, -0.1) is 0 Å². The number of nitrogens with one attached hydrogen (secondary N) is 1. The summed E-state index contributed by atoms with van der Waals surface area (Å²) in [4.78, 5) is 0. The fourth-order valence-electron chi connectivity index (χ4n) is 2.39. The Balaban J connectivity index is 1.93. The van der Waals surface area contributed by atoms with Crippen molar-refractivity contribution in [2.45, 2.75) is 31.8 Å². The topological polar surface area (TPSA) is 50.1 Å². The summed E-state index contributed by atoms with van der Waals surface area (Å²) in [7, 11) is 1.92. The van der Waals surface area contributed by atoms with Crippen molar-refractivity contribution in [3.63, 3.8) is 0 Å². The lowest BCUT2D eigenvalue weighted by Crippen LogP contribution is -2.49. The lowest BCUT2D eigenvalue weighted by Gasteiger charge is -2.38. The van der Waals surface area contributed by atoms with Crippen molar-refractivity contribution in [2.75, 3.05) is 13.1 Å². The van der Waals surface area contributed by atoms with Crippen molar-refractivity contribution >= 4 is 0 Å². The Morgan fingerprint density at radius 3 is 3.12 bits per heavy atom. The van der Waals surface area contributed by atoms with Gasteiger partial charge in [-0.05, 0) is 37.3 Å². The second kappa shape index (κ2) is 4.55. The van der Waals surface area contributed by atoms with Gasteiger partial charge in [0.15, 0.2) is 0 Å². The highest BCUT2D eigenvalue weighted by Crippen LogP contribution is 2.28. The predicted molar refractivity (Wildman–Crippen MR) is 63.1 cm³/mol. The van der Waals surface area contributed by atoms with Crippen LogP contribution in [-0.2, 0) is 13.5 Å². The quantitative estimate of drug-likeness (QED) is 0.793. The van der Waals surface area contributed by atoms with Gasteiger partial charge in [-0.2, -0.15) is 5.10 Å². The predicted octanol–water partition coefficient (Wildman–Crippen LogP) is 0.713. The Hall–Kier alpha value is -0.870. The van der Waals surface area contributed by atoms with Crippen LogP contribution in [0.15, 0.2) is 12.4 Å². The molecule has 2 heterocycles. The lowest BCUT2D eigenvalue weighted by atomic mass is 9.79. The second-order valence-electron chi connectivity index (χ2n) is 4.98. The van der Waals surface area contributed by atoms with Gasteiger partial charge in [-0.25, -0.2) is 0 Å². The van der Waals surface area contributed by atoms with Gasteiger partial charge in [0.05, 0.1) is 11.8 Å². The summed E-state index contributed by atoms with van der Waals surface area (Å²) in [5, 5.41) is 18.0. The molecule has 90 valence electrons. The van der Waals surface area contributed by atoms with Gasteiger partial charge in [0, 0.05) is 19.8 Å². The van der Waals surface area contributed by atoms with Crippen LogP contribution in [0.1, 0.15) is 25.3 Å². The maximum Gasteiger partial charge on any atom is 0.0700 e. The van der Waals surface area contributed by atoms with E-state index in [1.165, 1.54) is 5.56 Å². The Morgan fingerprint density at radius 2 is 2.50 bits per heavy atom. The summed E-state index contributed by atoms with van der Waals surface area (Å²) < 4.78 is 1.81. The minimum Gasteiger partial charge on any atom is -0.390 e. The van der Waals surface area contributed by atoms with Crippen LogP contribution in [0, 0.1) is 5.92 Å². The molecular weight excluding hydrogens is 202 g/mol. The molecule has 0 radical (unpaired) electrons. The molecule has 0 aliphatic carbocycles. The SMILES string of the molecule is CC1CNCCC1(O)CCc1cnn(C)c1. The number of aryl methyl sites for hydroxylation is 2. The van der Waals surface area contributed by atoms with Crippen LogP contribution in [0.3, 0.4) is 0 Å². The van der Waals surface area contributed by atoms with E-state index in [2.05, 4.69) is 17.3 Å². The number of rotatable bonds is 3. The minimum absolute atomic E-state index is 0.331. The maximum atomic E-state index is 10.5. The molecule has 1 fully saturated rings. The van der Waals surface area contributed by atoms with Crippen molar-refractivity contribution in [2.24, 2.45) is 13.0 Å². The van der Waals surface area contributed by atoms with Crippen LogP contribution in [0.25, 0.3) is 0 Å². The smallest absolute Gasteiger partial charge is 0.0700 e. The van der Waals surface area contributed by atoms with Gasteiger partial charge in [0.25, 0.3) is 0 Å². The zero-order valence-corrected chi connectivity index (χ0v) is 10.1. The van der Waals surface area contributed by atoms with E-state index in [-0.39, 0.29) is 0 Å². The molecule has 2 atom stereocenters. The van der Waals surface area contributed by atoms with Gasteiger partial charge in [-0.1, -0.05) is 6.92 Å². The summed E-state index contributed by atoms with van der Waals surface area (Å²) in [6.07, 6.45) is 6.51. The van der Waals surface area contributed by atoms with Gasteiger partial charge < -0.3 is 10.4 Å². The monoisotopic (exact) mass is 223 g/mol. The second-order valence-corrected chi connectivity index (χ2v) is 4.98. The lowest BCUT2D eigenvalue weighted by molar-refractivity contribution is -0.0401. The zero-order chi connectivity index (χ0) is 11.6. The van der Waals surface area contributed by atoms with Gasteiger partial charge in [-0.3, -0.25) is 4.68 Å². The highest BCUT2D eigenvalue weighted by molar-refractivity contribution is 5.05. The first-order chi connectivity index (χ1) is 7.60. The fraction of sp³-hybridized carbons (Fsp3) is 0.750. The maximum absolute atomic E-state index is 10.5. The Labute approximate surface area is 96.7 Å². The summed E-state index contributed by atoms with van der Waals surface area (Å²) in [6.45, 7) is 3.97. The molecule has 2 N–H and O–H groups in total. The normalized spacial score (nSPS) is 30.6. The zero-order valence-electron chi connectivity index (χ0n) is 10.1. The first kappa shape index (κ1) is 11.6. The number of nitrogens with zero attached hydrogens (tertiary/aromatic N) is 2. The third-order valence-electron chi connectivity index (χ3n) is 3.71. The highest BCUT2D eigenvalue weighted by atomic mass is 16.3. The standard InChI is InChI=1S/C12H21N3O/c1-10-7-13-6-5-12(10,16)4-3-11-8-14-15(2)9-11/h8-10,13,16H,3-7H2,1-2H3. The van der Waals surface area contributed by atoms with Gasteiger partial charge in [0.1, 0.15) is 0 Å². The molecule has 16 heavy (non-hydrogen) atoms. The van der Waals surface area contributed by atoms with E-state index >= 15 is 0 Å². The molecule has 4 heteroatoms. The molecule has 2 rings (SSSR count). The van der Waals surface area contributed by atoms with Crippen LogP contribution < -0.4 is 5.32 Å².